The number of carbonyl (C=O) groups is 1. The molecule has 0 aromatic heterocycles. The molecule has 5 nitrogen and oxygen atoms in total. The lowest BCUT2D eigenvalue weighted by atomic mass is 10.1. The lowest BCUT2D eigenvalue weighted by Gasteiger charge is -2.26. The molecule has 1 aliphatic heterocycles. The van der Waals surface area contributed by atoms with Gasteiger partial charge in [-0.05, 0) is 62.4 Å². The van der Waals surface area contributed by atoms with E-state index in [1.165, 1.54) is 19.3 Å². The molecule has 1 heterocycles. The van der Waals surface area contributed by atoms with Crippen LogP contribution in [-0.2, 0) is 0 Å². The highest BCUT2D eigenvalue weighted by atomic mass is 32.1. The second-order valence-corrected chi connectivity index (χ2v) is 5.66. The summed E-state index contributed by atoms with van der Waals surface area (Å²) < 4.78 is 0. The third-order valence-electron chi connectivity index (χ3n) is 3.58. The summed E-state index contributed by atoms with van der Waals surface area (Å²) >= 11 is 4.76. The first-order valence-electron chi connectivity index (χ1n) is 7.32. The number of benzene rings is 1. The lowest BCUT2D eigenvalue weighted by molar-refractivity contribution is 0.0946. The van der Waals surface area contributed by atoms with E-state index in [1.807, 2.05) is 0 Å². The molecule has 1 amide bonds. The minimum atomic E-state index is -0.0473. The number of hydrogen-bond donors (Lipinski definition) is 3. The summed E-state index contributed by atoms with van der Waals surface area (Å²) in [6, 6.07) is 7.10. The van der Waals surface area contributed by atoms with E-state index >= 15 is 0 Å². The molecule has 21 heavy (non-hydrogen) atoms. The Balaban J connectivity index is 1.75. The van der Waals surface area contributed by atoms with Crippen molar-refractivity contribution in [3.05, 3.63) is 29.8 Å². The zero-order chi connectivity index (χ0) is 15.1. The Morgan fingerprint density at radius 1 is 1.19 bits per heavy atom. The van der Waals surface area contributed by atoms with E-state index in [1.54, 1.807) is 24.3 Å². The first-order chi connectivity index (χ1) is 10.1. The first-order valence-corrected chi connectivity index (χ1v) is 7.73. The third-order valence-corrected chi connectivity index (χ3v) is 3.68. The van der Waals surface area contributed by atoms with Crippen molar-refractivity contribution >= 4 is 28.9 Å². The highest BCUT2D eigenvalue weighted by molar-refractivity contribution is 7.80. The molecule has 2 rings (SSSR count). The molecule has 114 valence electrons. The molecule has 0 spiro atoms. The number of piperidine rings is 1. The van der Waals surface area contributed by atoms with Crippen LogP contribution in [0.3, 0.4) is 0 Å². The molecular formula is C15H22N4OS. The Hall–Kier alpha value is -1.66. The topological polar surface area (TPSA) is 70.4 Å². The van der Waals surface area contributed by atoms with E-state index in [0.29, 0.717) is 12.1 Å². The van der Waals surface area contributed by atoms with Crippen molar-refractivity contribution in [3.63, 3.8) is 0 Å². The predicted octanol–water partition coefficient (Wildman–Crippen LogP) is 1.56. The minimum absolute atomic E-state index is 0.0473. The Kier molecular flexibility index (Phi) is 5.95. The van der Waals surface area contributed by atoms with Gasteiger partial charge in [-0.2, -0.15) is 0 Å². The Bertz CT molecular complexity index is 483. The second kappa shape index (κ2) is 7.95. The molecule has 0 aliphatic carbocycles. The summed E-state index contributed by atoms with van der Waals surface area (Å²) in [5.41, 5.74) is 6.82. The summed E-state index contributed by atoms with van der Waals surface area (Å²) in [5.74, 6) is -0.0473. The number of nitrogens with one attached hydrogen (secondary N) is 2. The maximum atomic E-state index is 12.0. The maximum Gasteiger partial charge on any atom is 0.251 e. The molecule has 0 unspecified atom stereocenters. The summed E-state index contributed by atoms with van der Waals surface area (Å²) in [5, 5.41) is 6.00. The summed E-state index contributed by atoms with van der Waals surface area (Å²) in [4.78, 5) is 14.4. The van der Waals surface area contributed by atoms with Crippen LogP contribution in [0.2, 0.25) is 0 Å². The highest BCUT2D eigenvalue weighted by Crippen LogP contribution is 2.10. The molecule has 1 aliphatic rings. The molecule has 1 fully saturated rings. The van der Waals surface area contributed by atoms with E-state index in [4.69, 9.17) is 18.0 Å². The van der Waals surface area contributed by atoms with Gasteiger partial charge < -0.3 is 21.3 Å². The quantitative estimate of drug-likeness (QED) is 0.720. The molecule has 0 bridgehead atoms. The minimum Gasteiger partial charge on any atom is -0.376 e. The van der Waals surface area contributed by atoms with E-state index in [0.717, 1.165) is 25.3 Å². The maximum absolute atomic E-state index is 12.0. The zero-order valence-electron chi connectivity index (χ0n) is 12.1. The van der Waals surface area contributed by atoms with E-state index < -0.39 is 0 Å². The monoisotopic (exact) mass is 306 g/mol. The standard InChI is InChI=1S/C15H22N4OS/c16-15(21)18-13-6-4-12(5-7-13)14(20)17-8-11-19-9-2-1-3-10-19/h4-7H,1-3,8-11H2,(H,17,20)(H3,16,18,21). The molecular weight excluding hydrogens is 284 g/mol. The van der Waals surface area contributed by atoms with Gasteiger partial charge in [-0.1, -0.05) is 6.42 Å². The number of hydrogen-bond acceptors (Lipinski definition) is 3. The van der Waals surface area contributed by atoms with E-state index in [2.05, 4.69) is 15.5 Å². The van der Waals surface area contributed by atoms with Crippen molar-refractivity contribution in [2.45, 2.75) is 19.3 Å². The van der Waals surface area contributed by atoms with E-state index in [-0.39, 0.29) is 11.0 Å². The van der Waals surface area contributed by atoms with Crippen LogP contribution in [0.5, 0.6) is 0 Å². The fraction of sp³-hybridized carbons (Fsp3) is 0.467. The van der Waals surface area contributed by atoms with Crippen LogP contribution in [0.25, 0.3) is 0 Å². The third kappa shape index (κ3) is 5.32. The Morgan fingerprint density at radius 2 is 1.86 bits per heavy atom. The van der Waals surface area contributed by atoms with Gasteiger partial charge in [-0.15, -0.1) is 0 Å². The number of nitrogens with two attached hydrogens (primary N) is 1. The molecule has 6 heteroatoms. The molecule has 0 radical (unpaired) electrons. The van der Waals surface area contributed by atoms with Crippen LogP contribution in [0, 0.1) is 0 Å². The molecule has 4 N–H and O–H groups in total. The fourth-order valence-corrected chi connectivity index (χ4v) is 2.58. The van der Waals surface area contributed by atoms with Crippen LogP contribution in [-0.4, -0.2) is 42.1 Å². The van der Waals surface area contributed by atoms with Gasteiger partial charge in [0.15, 0.2) is 5.11 Å². The normalized spacial score (nSPS) is 15.4. The SMILES string of the molecule is NC(=S)Nc1ccc(C(=O)NCCN2CCCCC2)cc1. The number of rotatable bonds is 5. The molecule has 1 saturated heterocycles. The first kappa shape index (κ1) is 15.7. The van der Waals surface area contributed by atoms with Gasteiger partial charge in [0.1, 0.15) is 0 Å². The smallest absolute Gasteiger partial charge is 0.251 e. The van der Waals surface area contributed by atoms with Crippen molar-refractivity contribution in [1.82, 2.24) is 10.2 Å². The number of likely N-dealkylation sites (tertiary alicyclic amines) is 1. The van der Waals surface area contributed by atoms with Crippen LogP contribution in [0.4, 0.5) is 5.69 Å². The number of thiocarbonyl (C=S) groups is 1. The molecule has 1 aromatic carbocycles. The van der Waals surface area contributed by atoms with Crippen molar-refractivity contribution < 1.29 is 4.79 Å². The average molecular weight is 306 g/mol. The molecule has 1 aromatic rings. The van der Waals surface area contributed by atoms with Gasteiger partial charge >= 0.3 is 0 Å². The van der Waals surface area contributed by atoms with Crippen molar-refractivity contribution in [2.24, 2.45) is 5.73 Å². The zero-order valence-corrected chi connectivity index (χ0v) is 12.9. The van der Waals surface area contributed by atoms with Crippen LogP contribution >= 0.6 is 12.2 Å². The summed E-state index contributed by atoms with van der Waals surface area (Å²) in [6.45, 7) is 3.91. The summed E-state index contributed by atoms with van der Waals surface area (Å²) in [6.07, 6.45) is 3.87. The fourth-order valence-electron chi connectivity index (χ4n) is 2.46. The second-order valence-electron chi connectivity index (χ2n) is 5.22. The van der Waals surface area contributed by atoms with Gasteiger partial charge in [0.05, 0.1) is 0 Å². The van der Waals surface area contributed by atoms with Crippen LogP contribution in [0.15, 0.2) is 24.3 Å². The number of anilines is 1. The van der Waals surface area contributed by atoms with Crippen LogP contribution in [0.1, 0.15) is 29.6 Å². The van der Waals surface area contributed by atoms with Gasteiger partial charge in [0, 0.05) is 24.3 Å². The van der Waals surface area contributed by atoms with Crippen molar-refractivity contribution in [3.8, 4) is 0 Å². The Labute approximate surface area is 130 Å². The van der Waals surface area contributed by atoms with Crippen molar-refractivity contribution in [2.75, 3.05) is 31.5 Å². The predicted molar refractivity (Wildman–Crippen MR) is 89.5 cm³/mol. The number of carbonyl (C=O) groups excluding carboxylic acids is 1. The van der Waals surface area contributed by atoms with E-state index in [9.17, 15) is 4.79 Å². The molecule has 0 atom stereocenters. The number of nitrogens with zero attached hydrogens (tertiary/aromatic N) is 1. The van der Waals surface area contributed by atoms with Gasteiger partial charge in [-0.3, -0.25) is 4.79 Å². The number of amides is 1. The van der Waals surface area contributed by atoms with Crippen molar-refractivity contribution in [1.29, 1.82) is 0 Å². The van der Waals surface area contributed by atoms with Crippen LogP contribution < -0.4 is 16.4 Å². The highest BCUT2D eigenvalue weighted by Gasteiger charge is 2.10. The van der Waals surface area contributed by atoms with Gasteiger partial charge in [0.25, 0.3) is 5.91 Å². The Morgan fingerprint density at radius 3 is 2.48 bits per heavy atom. The largest absolute Gasteiger partial charge is 0.376 e. The molecule has 0 saturated carbocycles. The van der Waals surface area contributed by atoms with Gasteiger partial charge in [-0.25, -0.2) is 0 Å². The lowest BCUT2D eigenvalue weighted by Crippen LogP contribution is -2.37. The average Bonchev–Trinajstić information content (AvgIpc) is 2.48. The summed E-state index contributed by atoms with van der Waals surface area (Å²) in [7, 11) is 0. The van der Waals surface area contributed by atoms with Gasteiger partial charge in [0.2, 0.25) is 0 Å².